The number of hydrogen-bond donors (Lipinski definition) is 2. The minimum absolute atomic E-state index is 0.327. The first kappa shape index (κ1) is 15.9. The van der Waals surface area contributed by atoms with Gasteiger partial charge >= 0.3 is 5.97 Å². The number of hydrogen-bond acceptors (Lipinski definition) is 3. The predicted molar refractivity (Wildman–Crippen MR) is 67.6 cm³/mol. The summed E-state index contributed by atoms with van der Waals surface area (Å²) in [6.45, 7) is 8.20. The van der Waals surface area contributed by atoms with Crippen molar-refractivity contribution in [1.29, 1.82) is 5.26 Å². The molecule has 2 N–H and O–H groups in total. The van der Waals surface area contributed by atoms with E-state index in [9.17, 15) is 9.90 Å². The fraction of sp³-hybridized carbons (Fsp3) is 0.846. The topological polar surface area (TPSA) is 73.1 Å². The zero-order valence-electron chi connectivity index (χ0n) is 11.3. The van der Waals surface area contributed by atoms with Crippen molar-refractivity contribution in [3.8, 4) is 6.07 Å². The van der Waals surface area contributed by atoms with Gasteiger partial charge in [0.1, 0.15) is 5.54 Å². The molecule has 0 aliphatic heterocycles. The van der Waals surface area contributed by atoms with Crippen LogP contribution in [0.1, 0.15) is 53.4 Å². The molecule has 0 spiro atoms. The molecule has 17 heavy (non-hydrogen) atoms. The maximum absolute atomic E-state index is 11.2. The maximum atomic E-state index is 11.2. The molecule has 4 heteroatoms. The molecule has 0 rings (SSSR count). The highest BCUT2D eigenvalue weighted by molar-refractivity contribution is 5.78. The van der Waals surface area contributed by atoms with Crippen molar-refractivity contribution in [2.45, 2.75) is 58.9 Å². The summed E-state index contributed by atoms with van der Waals surface area (Å²) in [5.74, 6) is -0.790. The summed E-state index contributed by atoms with van der Waals surface area (Å²) in [7, 11) is 0. The molecule has 0 atom stereocenters. The Morgan fingerprint density at radius 1 is 1.35 bits per heavy atom. The normalized spacial score (nSPS) is 12.2. The maximum Gasteiger partial charge on any atom is 0.323 e. The second kappa shape index (κ2) is 6.61. The van der Waals surface area contributed by atoms with Crippen molar-refractivity contribution in [1.82, 2.24) is 5.32 Å². The van der Waals surface area contributed by atoms with Gasteiger partial charge in [0.05, 0.1) is 11.5 Å². The lowest BCUT2D eigenvalue weighted by molar-refractivity contribution is -0.145. The van der Waals surface area contributed by atoms with Gasteiger partial charge in [-0.25, -0.2) is 0 Å². The third kappa shape index (κ3) is 4.74. The van der Waals surface area contributed by atoms with E-state index in [1.54, 1.807) is 0 Å². The van der Waals surface area contributed by atoms with Crippen molar-refractivity contribution in [2.24, 2.45) is 5.41 Å². The van der Waals surface area contributed by atoms with Gasteiger partial charge in [-0.15, -0.1) is 0 Å². The zero-order chi connectivity index (χ0) is 13.5. The van der Waals surface area contributed by atoms with E-state index in [0.717, 1.165) is 12.8 Å². The summed E-state index contributed by atoms with van der Waals surface area (Å²) < 4.78 is 0. The van der Waals surface area contributed by atoms with Gasteiger partial charge in [0.2, 0.25) is 0 Å². The first-order valence-corrected chi connectivity index (χ1v) is 6.23. The number of nitrogens with one attached hydrogen (secondary N) is 1. The van der Waals surface area contributed by atoms with Crippen LogP contribution in [0.15, 0.2) is 0 Å². The summed E-state index contributed by atoms with van der Waals surface area (Å²) >= 11 is 0. The average Bonchev–Trinajstić information content (AvgIpc) is 2.29. The minimum Gasteiger partial charge on any atom is -0.480 e. The predicted octanol–water partition coefficient (Wildman–Crippen LogP) is 2.55. The molecule has 0 aromatic rings. The second-order valence-corrected chi connectivity index (χ2v) is 5.12. The Kier molecular flexibility index (Phi) is 6.19. The molecule has 0 aliphatic rings. The van der Waals surface area contributed by atoms with Crippen LogP contribution in [0.25, 0.3) is 0 Å². The molecule has 0 unspecified atom stereocenters. The third-order valence-corrected chi connectivity index (χ3v) is 3.36. The van der Waals surface area contributed by atoms with Gasteiger partial charge in [-0.1, -0.05) is 13.8 Å². The standard InChI is InChI=1S/C13H24N2O2/c1-5-13(6-2,11(16)17)15-9-7-8-12(3,4)10-14/h15H,5-9H2,1-4H3,(H,16,17). The van der Waals surface area contributed by atoms with E-state index in [-0.39, 0.29) is 5.41 Å². The summed E-state index contributed by atoms with van der Waals surface area (Å²) in [5, 5.41) is 21.2. The molecule has 0 heterocycles. The molecule has 4 nitrogen and oxygen atoms in total. The highest BCUT2D eigenvalue weighted by Crippen LogP contribution is 2.21. The Balaban J connectivity index is 4.18. The largest absolute Gasteiger partial charge is 0.480 e. The lowest BCUT2D eigenvalue weighted by Crippen LogP contribution is -2.51. The van der Waals surface area contributed by atoms with Crippen LogP contribution in [0.4, 0.5) is 0 Å². The minimum atomic E-state index is -0.809. The van der Waals surface area contributed by atoms with Crippen LogP contribution in [-0.2, 0) is 4.79 Å². The fourth-order valence-corrected chi connectivity index (χ4v) is 1.79. The van der Waals surface area contributed by atoms with Crippen LogP contribution in [0.2, 0.25) is 0 Å². The van der Waals surface area contributed by atoms with E-state index in [2.05, 4.69) is 11.4 Å². The molecule has 0 aromatic heterocycles. The van der Waals surface area contributed by atoms with Crippen LogP contribution in [0.3, 0.4) is 0 Å². The van der Waals surface area contributed by atoms with Crippen molar-refractivity contribution < 1.29 is 9.90 Å². The van der Waals surface area contributed by atoms with Gasteiger partial charge in [-0.3, -0.25) is 4.79 Å². The summed E-state index contributed by atoms with van der Waals surface area (Å²) in [6.07, 6.45) is 2.73. The third-order valence-electron chi connectivity index (χ3n) is 3.36. The number of nitrogens with zero attached hydrogens (tertiary/aromatic N) is 1. The Bertz CT molecular complexity index is 288. The zero-order valence-corrected chi connectivity index (χ0v) is 11.3. The molecule has 0 amide bonds. The van der Waals surface area contributed by atoms with E-state index in [0.29, 0.717) is 19.4 Å². The molecule has 0 aromatic carbocycles. The summed E-state index contributed by atoms with van der Waals surface area (Å²) in [5.41, 5.74) is -1.14. The molecular weight excluding hydrogens is 216 g/mol. The Hall–Kier alpha value is -1.08. The van der Waals surface area contributed by atoms with Crippen molar-refractivity contribution in [3.63, 3.8) is 0 Å². The van der Waals surface area contributed by atoms with Crippen molar-refractivity contribution in [3.05, 3.63) is 0 Å². The lowest BCUT2D eigenvalue weighted by atomic mass is 9.89. The molecular formula is C13H24N2O2. The number of rotatable bonds is 8. The van der Waals surface area contributed by atoms with Crippen molar-refractivity contribution >= 4 is 5.97 Å². The average molecular weight is 240 g/mol. The first-order valence-electron chi connectivity index (χ1n) is 6.23. The quantitative estimate of drug-likeness (QED) is 0.639. The van der Waals surface area contributed by atoms with E-state index in [1.807, 2.05) is 27.7 Å². The molecule has 0 radical (unpaired) electrons. The van der Waals surface area contributed by atoms with Crippen LogP contribution in [-0.4, -0.2) is 23.2 Å². The van der Waals surface area contributed by atoms with Gasteiger partial charge in [0.15, 0.2) is 0 Å². The van der Waals surface area contributed by atoms with E-state index >= 15 is 0 Å². The van der Waals surface area contributed by atoms with E-state index in [4.69, 9.17) is 5.26 Å². The smallest absolute Gasteiger partial charge is 0.323 e. The van der Waals surface area contributed by atoms with Crippen LogP contribution in [0.5, 0.6) is 0 Å². The SMILES string of the molecule is CCC(CC)(NCCCC(C)(C)C#N)C(=O)O. The molecule has 0 saturated heterocycles. The number of carboxylic acids is 1. The van der Waals surface area contributed by atoms with Crippen LogP contribution >= 0.6 is 0 Å². The van der Waals surface area contributed by atoms with E-state index < -0.39 is 11.5 Å². The van der Waals surface area contributed by atoms with Crippen LogP contribution in [0, 0.1) is 16.7 Å². The highest BCUT2D eigenvalue weighted by Gasteiger charge is 2.33. The highest BCUT2D eigenvalue weighted by atomic mass is 16.4. The molecule has 0 fully saturated rings. The molecule has 98 valence electrons. The Morgan fingerprint density at radius 3 is 2.24 bits per heavy atom. The van der Waals surface area contributed by atoms with Crippen LogP contribution < -0.4 is 5.32 Å². The first-order chi connectivity index (χ1) is 7.83. The monoisotopic (exact) mass is 240 g/mol. The Morgan fingerprint density at radius 2 is 1.88 bits per heavy atom. The van der Waals surface area contributed by atoms with Gasteiger partial charge in [-0.2, -0.15) is 5.26 Å². The Labute approximate surface area is 104 Å². The van der Waals surface area contributed by atoms with Crippen molar-refractivity contribution in [2.75, 3.05) is 6.54 Å². The number of aliphatic carboxylic acids is 1. The molecule has 0 bridgehead atoms. The number of carboxylic acid groups (broad SMARTS) is 1. The number of carbonyl (C=O) groups is 1. The van der Waals surface area contributed by atoms with Gasteiger partial charge < -0.3 is 10.4 Å². The molecule has 0 saturated carbocycles. The summed E-state index contributed by atoms with van der Waals surface area (Å²) in [6, 6.07) is 2.25. The number of nitriles is 1. The summed E-state index contributed by atoms with van der Waals surface area (Å²) in [4.78, 5) is 11.2. The van der Waals surface area contributed by atoms with Gasteiger partial charge in [0, 0.05) is 0 Å². The fourth-order valence-electron chi connectivity index (χ4n) is 1.79. The van der Waals surface area contributed by atoms with E-state index in [1.165, 1.54) is 0 Å². The van der Waals surface area contributed by atoms with Gasteiger partial charge in [0.25, 0.3) is 0 Å². The van der Waals surface area contributed by atoms with Gasteiger partial charge in [-0.05, 0) is 46.1 Å². The molecule has 0 aliphatic carbocycles. The lowest BCUT2D eigenvalue weighted by Gasteiger charge is -2.28. The second-order valence-electron chi connectivity index (χ2n) is 5.12.